The summed E-state index contributed by atoms with van der Waals surface area (Å²) in [6.45, 7) is 1.67. The van der Waals surface area contributed by atoms with Crippen LogP contribution in [0.1, 0.15) is 16.8 Å². The van der Waals surface area contributed by atoms with Gasteiger partial charge < -0.3 is 20.1 Å². The number of anilines is 1. The Morgan fingerprint density at radius 2 is 2.08 bits per heavy atom. The first-order valence-corrected chi connectivity index (χ1v) is 7.86. The molecule has 0 saturated heterocycles. The van der Waals surface area contributed by atoms with Crippen LogP contribution in [0.25, 0.3) is 10.9 Å². The van der Waals surface area contributed by atoms with Crippen LogP contribution in [0.3, 0.4) is 0 Å². The fraction of sp³-hybridized carbons (Fsp3) is 0.211. The number of aromatic amines is 1. The van der Waals surface area contributed by atoms with Crippen molar-refractivity contribution in [1.29, 1.82) is 0 Å². The number of nitrogens with one attached hydrogen (secondary N) is 2. The minimum Gasteiger partial charge on any atom is -0.496 e. The number of fused-ring (bicyclic) bond motifs is 1. The van der Waals surface area contributed by atoms with Gasteiger partial charge in [-0.3, -0.25) is 4.79 Å². The highest BCUT2D eigenvalue weighted by atomic mass is 19.1. The largest absolute Gasteiger partial charge is 0.496 e. The normalized spacial score (nSPS) is 10.9. The van der Waals surface area contributed by atoms with E-state index in [4.69, 9.17) is 4.74 Å². The summed E-state index contributed by atoms with van der Waals surface area (Å²) in [5, 5.41) is 12.9. The molecule has 0 aliphatic carbocycles. The van der Waals surface area contributed by atoms with E-state index in [-0.39, 0.29) is 24.8 Å². The Hall–Kier alpha value is -2.86. The van der Waals surface area contributed by atoms with Gasteiger partial charge in [-0.05, 0) is 48.9 Å². The van der Waals surface area contributed by atoms with Gasteiger partial charge in [-0.1, -0.05) is 0 Å². The van der Waals surface area contributed by atoms with Crippen LogP contribution in [0.5, 0.6) is 5.75 Å². The van der Waals surface area contributed by atoms with Crippen molar-refractivity contribution in [2.45, 2.75) is 20.0 Å². The van der Waals surface area contributed by atoms with Crippen molar-refractivity contribution in [3.63, 3.8) is 0 Å². The first kappa shape index (κ1) is 17.0. The zero-order chi connectivity index (χ0) is 18.0. The molecule has 0 aliphatic heterocycles. The van der Waals surface area contributed by atoms with Gasteiger partial charge in [-0.2, -0.15) is 0 Å². The van der Waals surface area contributed by atoms with E-state index in [9.17, 15) is 14.3 Å². The number of rotatable bonds is 5. The molecular formula is C19H19FN2O3. The molecule has 1 heterocycles. The van der Waals surface area contributed by atoms with Crippen molar-refractivity contribution in [2.75, 3.05) is 12.4 Å². The summed E-state index contributed by atoms with van der Waals surface area (Å²) in [6.07, 6.45) is 0.121. The molecule has 3 N–H and O–H groups in total. The second kappa shape index (κ2) is 6.94. The zero-order valence-electron chi connectivity index (χ0n) is 14.0. The van der Waals surface area contributed by atoms with Gasteiger partial charge in [0.2, 0.25) is 5.91 Å². The van der Waals surface area contributed by atoms with Crippen LogP contribution in [0.2, 0.25) is 0 Å². The first-order chi connectivity index (χ1) is 12.0. The van der Waals surface area contributed by atoms with Gasteiger partial charge in [0, 0.05) is 27.8 Å². The standard InChI is InChI=1S/C19H19FN2O3/c1-11-15(16-8-13(20)3-5-17(16)21-11)9-19(24)22-14-4-6-18(25-2)12(7-14)10-23/h3-8,21,23H,9-10H2,1-2H3,(H,22,24). The van der Waals surface area contributed by atoms with E-state index in [1.54, 1.807) is 24.3 Å². The molecule has 0 aliphatic rings. The van der Waals surface area contributed by atoms with Gasteiger partial charge in [0.15, 0.2) is 0 Å². The number of ether oxygens (including phenoxy) is 1. The van der Waals surface area contributed by atoms with Crippen molar-refractivity contribution >= 4 is 22.5 Å². The number of aryl methyl sites for hydroxylation is 1. The summed E-state index contributed by atoms with van der Waals surface area (Å²) in [4.78, 5) is 15.6. The predicted molar refractivity (Wildman–Crippen MR) is 94.2 cm³/mol. The summed E-state index contributed by atoms with van der Waals surface area (Å²) in [5.41, 5.74) is 3.56. The molecular weight excluding hydrogens is 323 g/mol. The zero-order valence-corrected chi connectivity index (χ0v) is 14.0. The third-order valence-corrected chi connectivity index (χ3v) is 4.15. The van der Waals surface area contributed by atoms with Gasteiger partial charge in [-0.25, -0.2) is 4.39 Å². The number of hydrogen-bond acceptors (Lipinski definition) is 3. The Morgan fingerprint density at radius 3 is 2.80 bits per heavy atom. The predicted octanol–water partition coefficient (Wildman–Crippen LogP) is 3.30. The lowest BCUT2D eigenvalue weighted by Gasteiger charge is -2.10. The monoisotopic (exact) mass is 342 g/mol. The van der Waals surface area contributed by atoms with Crippen molar-refractivity contribution in [3.8, 4) is 5.75 Å². The Balaban J connectivity index is 1.81. The van der Waals surface area contributed by atoms with E-state index in [0.29, 0.717) is 22.4 Å². The average molecular weight is 342 g/mol. The Kier molecular flexibility index (Phi) is 4.72. The quantitative estimate of drug-likeness (QED) is 0.666. The number of aliphatic hydroxyl groups excluding tert-OH is 1. The second-order valence-corrected chi connectivity index (χ2v) is 5.83. The van der Waals surface area contributed by atoms with Crippen LogP contribution in [0.4, 0.5) is 10.1 Å². The molecule has 130 valence electrons. The fourth-order valence-corrected chi connectivity index (χ4v) is 2.93. The molecule has 0 bridgehead atoms. The number of H-pyrrole nitrogens is 1. The van der Waals surface area contributed by atoms with Gasteiger partial charge >= 0.3 is 0 Å². The molecule has 3 rings (SSSR count). The van der Waals surface area contributed by atoms with Crippen LogP contribution in [-0.2, 0) is 17.8 Å². The average Bonchev–Trinajstić information content (AvgIpc) is 2.90. The van der Waals surface area contributed by atoms with E-state index in [1.165, 1.54) is 19.2 Å². The molecule has 0 radical (unpaired) electrons. The molecule has 0 spiro atoms. The summed E-state index contributed by atoms with van der Waals surface area (Å²) < 4.78 is 18.7. The van der Waals surface area contributed by atoms with Crippen LogP contribution in [-0.4, -0.2) is 23.1 Å². The van der Waals surface area contributed by atoms with Crippen LogP contribution < -0.4 is 10.1 Å². The number of aromatic nitrogens is 1. The van der Waals surface area contributed by atoms with E-state index in [0.717, 1.165) is 16.8 Å². The molecule has 1 amide bonds. The van der Waals surface area contributed by atoms with E-state index >= 15 is 0 Å². The molecule has 5 nitrogen and oxygen atoms in total. The van der Waals surface area contributed by atoms with E-state index in [1.807, 2.05) is 6.92 Å². The van der Waals surface area contributed by atoms with Crippen LogP contribution in [0, 0.1) is 12.7 Å². The van der Waals surface area contributed by atoms with Gasteiger partial charge in [0.1, 0.15) is 11.6 Å². The lowest BCUT2D eigenvalue weighted by Crippen LogP contribution is -2.15. The van der Waals surface area contributed by atoms with Crippen molar-refractivity contribution in [1.82, 2.24) is 4.98 Å². The third-order valence-electron chi connectivity index (χ3n) is 4.15. The molecule has 2 aromatic carbocycles. The second-order valence-electron chi connectivity index (χ2n) is 5.83. The van der Waals surface area contributed by atoms with Crippen LogP contribution in [0.15, 0.2) is 36.4 Å². The molecule has 0 saturated carbocycles. The Bertz CT molecular complexity index is 934. The number of carbonyl (C=O) groups excluding carboxylic acids is 1. The molecule has 25 heavy (non-hydrogen) atoms. The maximum atomic E-state index is 13.5. The summed E-state index contributed by atoms with van der Waals surface area (Å²) in [7, 11) is 1.52. The first-order valence-electron chi connectivity index (χ1n) is 7.86. The highest BCUT2D eigenvalue weighted by molar-refractivity contribution is 5.96. The summed E-state index contributed by atoms with van der Waals surface area (Å²) in [6, 6.07) is 9.54. The Morgan fingerprint density at radius 1 is 1.28 bits per heavy atom. The summed E-state index contributed by atoms with van der Waals surface area (Å²) >= 11 is 0. The molecule has 0 unspecified atom stereocenters. The number of amides is 1. The highest BCUT2D eigenvalue weighted by Gasteiger charge is 2.14. The lowest BCUT2D eigenvalue weighted by molar-refractivity contribution is -0.115. The highest BCUT2D eigenvalue weighted by Crippen LogP contribution is 2.25. The minimum absolute atomic E-state index is 0.121. The number of carbonyl (C=O) groups is 1. The SMILES string of the molecule is COc1ccc(NC(=O)Cc2c(C)[nH]c3ccc(F)cc23)cc1CO. The van der Waals surface area contributed by atoms with Crippen molar-refractivity contribution in [2.24, 2.45) is 0 Å². The molecule has 0 fully saturated rings. The third kappa shape index (κ3) is 3.49. The number of hydrogen-bond donors (Lipinski definition) is 3. The van der Waals surface area contributed by atoms with Gasteiger partial charge in [0.25, 0.3) is 0 Å². The summed E-state index contributed by atoms with van der Waals surface area (Å²) in [5.74, 6) is 0.00154. The number of methoxy groups -OCH3 is 1. The van der Waals surface area contributed by atoms with Crippen LogP contribution >= 0.6 is 0 Å². The maximum Gasteiger partial charge on any atom is 0.228 e. The molecule has 1 aromatic heterocycles. The minimum atomic E-state index is -0.337. The van der Waals surface area contributed by atoms with Gasteiger partial charge in [-0.15, -0.1) is 0 Å². The lowest BCUT2D eigenvalue weighted by atomic mass is 10.1. The molecule has 6 heteroatoms. The molecule has 0 atom stereocenters. The van der Waals surface area contributed by atoms with Crippen molar-refractivity contribution in [3.05, 3.63) is 59.0 Å². The maximum absolute atomic E-state index is 13.5. The smallest absolute Gasteiger partial charge is 0.228 e. The fourth-order valence-electron chi connectivity index (χ4n) is 2.93. The Labute approximate surface area is 144 Å². The molecule has 3 aromatic rings. The number of halogens is 1. The van der Waals surface area contributed by atoms with Crippen molar-refractivity contribution < 1.29 is 19.0 Å². The van der Waals surface area contributed by atoms with E-state index in [2.05, 4.69) is 10.3 Å². The van der Waals surface area contributed by atoms with Gasteiger partial charge in [0.05, 0.1) is 20.1 Å². The van der Waals surface area contributed by atoms with E-state index < -0.39 is 0 Å². The number of aliphatic hydroxyl groups is 1. The number of benzene rings is 2. The topological polar surface area (TPSA) is 74.3 Å².